The third-order valence-corrected chi connectivity index (χ3v) is 5.59. The van der Waals surface area contributed by atoms with Crippen molar-refractivity contribution in [3.05, 3.63) is 90.5 Å². The summed E-state index contributed by atoms with van der Waals surface area (Å²) >= 11 is 1.39. The maximum atomic E-state index is 13.0. The molecule has 0 saturated heterocycles. The maximum absolute atomic E-state index is 13.0. The predicted octanol–water partition coefficient (Wildman–Crippen LogP) is 5.10. The van der Waals surface area contributed by atoms with Gasteiger partial charge in [0, 0.05) is 4.90 Å². The summed E-state index contributed by atoms with van der Waals surface area (Å²) in [5, 5.41) is 2.16. The summed E-state index contributed by atoms with van der Waals surface area (Å²) < 4.78 is 10.8. The Kier molecular flexibility index (Phi) is 7.51. The van der Waals surface area contributed by atoms with Crippen molar-refractivity contribution < 1.29 is 19.1 Å². The van der Waals surface area contributed by atoms with Gasteiger partial charge in [-0.15, -0.1) is 11.8 Å². The van der Waals surface area contributed by atoms with Gasteiger partial charge >= 0.3 is 5.97 Å². The first-order valence-electron chi connectivity index (χ1n) is 9.49. The molecule has 3 aromatic rings. The van der Waals surface area contributed by atoms with E-state index in [1.54, 1.807) is 25.1 Å². The Hall–Kier alpha value is -3.25. The van der Waals surface area contributed by atoms with Gasteiger partial charge in [-0.3, -0.25) is 9.59 Å². The number of carbonyl (C=O) groups is 2. The highest BCUT2D eigenvalue weighted by Crippen LogP contribution is 2.36. The Morgan fingerprint density at radius 3 is 2.13 bits per heavy atom. The van der Waals surface area contributed by atoms with E-state index in [4.69, 9.17) is 9.47 Å². The number of benzene rings is 3. The summed E-state index contributed by atoms with van der Waals surface area (Å²) in [7, 11) is 1.53. The summed E-state index contributed by atoms with van der Waals surface area (Å²) in [4.78, 5) is 26.5. The van der Waals surface area contributed by atoms with Crippen LogP contribution < -0.4 is 10.1 Å². The molecule has 0 aliphatic carbocycles. The van der Waals surface area contributed by atoms with Crippen LogP contribution in [0.2, 0.25) is 0 Å². The summed E-state index contributed by atoms with van der Waals surface area (Å²) in [6.07, 6.45) is -0.968. The first-order chi connectivity index (χ1) is 14.6. The second-order valence-corrected chi connectivity index (χ2v) is 7.67. The maximum Gasteiger partial charge on any atom is 0.324 e. The molecule has 0 aliphatic rings. The van der Waals surface area contributed by atoms with Gasteiger partial charge in [0.25, 0.3) is 5.91 Å². The molecule has 30 heavy (non-hydrogen) atoms. The molecule has 0 heterocycles. The zero-order chi connectivity index (χ0) is 21.3. The average Bonchev–Trinajstić information content (AvgIpc) is 2.79. The number of para-hydroxylation sites is 2. The number of thioether (sulfide) groups is 1. The molecule has 5 nitrogen and oxygen atoms in total. The molecule has 0 spiro atoms. The van der Waals surface area contributed by atoms with E-state index in [1.165, 1.54) is 18.9 Å². The standard InChI is InChI=1S/C24H23NO4S/c1-17(23(26)25-20-15-9-10-16-21(20)28-2)29-24(27)22(18-11-5-3-6-12-18)30-19-13-7-4-8-14-19/h3-17,22H,1-2H3,(H,25,26)/t17-,22+/m0/s1. The topological polar surface area (TPSA) is 64.6 Å². The number of esters is 1. The van der Waals surface area contributed by atoms with Crippen molar-refractivity contribution in [2.24, 2.45) is 0 Å². The Labute approximate surface area is 180 Å². The Morgan fingerprint density at radius 2 is 1.47 bits per heavy atom. The fourth-order valence-corrected chi connectivity index (χ4v) is 3.82. The zero-order valence-corrected chi connectivity index (χ0v) is 17.6. The van der Waals surface area contributed by atoms with Crippen LogP contribution in [0.3, 0.4) is 0 Å². The van der Waals surface area contributed by atoms with Gasteiger partial charge in [-0.05, 0) is 36.8 Å². The van der Waals surface area contributed by atoms with E-state index in [0.29, 0.717) is 11.4 Å². The Bertz CT molecular complexity index is 979. The van der Waals surface area contributed by atoms with Crippen LogP contribution >= 0.6 is 11.8 Å². The molecule has 154 valence electrons. The van der Waals surface area contributed by atoms with Gasteiger partial charge in [0.05, 0.1) is 12.8 Å². The van der Waals surface area contributed by atoms with Crippen LogP contribution in [-0.4, -0.2) is 25.1 Å². The van der Waals surface area contributed by atoms with Crippen molar-refractivity contribution in [1.82, 2.24) is 0 Å². The van der Waals surface area contributed by atoms with Gasteiger partial charge in [0.1, 0.15) is 11.0 Å². The van der Waals surface area contributed by atoms with Crippen LogP contribution in [0.15, 0.2) is 89.8 Å². The number of hydrogen-bond acceptors (Lipinski definition) is 5. The molecule has 3 rings (SSSR count). The van der Waals surface area contributed by atoms with Crippen molar-refractivity contribution >= 4 is 29.3 Å². The molecule has 0 aliphatic heterocycles. The van der Waals surface area contributed by atoms with Gasteiger partial charge in [-0.25, -0.2) is 0 Å². The van der Waals surface area contributed by atoms with E-state index < -0.39 is 23.2 Å². The van der Waals surface area contributed by atoms with E-state index in [1.807, 2.05) is 66.7 Å². The van der Waals surface area contributed by atoms with E-state index in [-0.39, 0.29) is 0 Å². The second kappa shape index (κ2) is 10.5. The summed E-state index contributed by atoms with van der Waals surface area (Å²) in [5.74, 6) is -0.367. The molecule has 0 aromatic heterocycles. The smallest absolute Gasteiger partial charge is 0.324 e. The monoisotopic (exact) mass is 421 g/mol. The highest BCUT2D eigenvalue weighted by Gasteiger charge is 2.27. The van der Waals surface area contributed by atoms with Crippen LogP contribution in [0.25, 0.3) is 0 Å². The highest BCUT2D eigenvalue weighted by atomic mass is 32.2. The van der Waals surface area contributed by atoms with Crippen LogP contribution in [-0.2, 0) is 14.3 Å². The van der Waals surface area contributed by atoms with E-state index in [0.717, 1.165) is 10.5 Å². The third-order valence-electron chi connectivity index (χ3n) is 4.34. The number of hydrogen-bond donors (Lipinski definition) is 1. The molecule has 0 bridgehead atoms. The van der Waals surface area contributed by atoms with E-state index >= 15 is 0 Å². The van der Waals surface area contributed by atoms with Crippen molar-refractivity contribution in [2.45, 2.75) is 23.2 Å². The molecule has 3 aromatic carbocycles. The number of amides is 1. The molecular formula is C24H23NO4S. The number of nitrogens with one attached hydrogen (secondary N) is 1. The predicted molar refractivity (Wildman–Crippen MR) is 119 cm³/mol. The fourth-order valence-electron chi connectivity index (χ4n) is 2.79. The SMILES string of the molecule is COc1ccccc1NC(=O)[C@H](C)OC(=O)[C@H](Sc1ccccc1)c1ccccc1. The first-order valence-corrected chi connectivity index (χ1v) is 10.4. The number of ether oxygens (including phenoxy) is 2. The first kappa shape index (κ1) is 21.5. The molecule has 2 atom stereocenters. The van der Waals surface area contributed by atoms with Crippen LogP contribution in [0.4, 0.5) is 5.69 Å². The van der Waals surface area contributed by atoms with Crippen molar-refractivity contribution in [3.63, 3.8) is 0 Å². The van der Waals surface area contributed by atoms with Crippen LogP contribution in [0, 0.1) is 0 Å². The van der Waals surface area contributed by atoms with Crippen molar-refractivity contribution in [3.8, 4) is 5.75 Å². The minimum Gasteiger partial charge on any atom is -0.495 e. The molecule has 1 amide bonds. The molecule has 0 radical (unpaired) electrons. The lowest BCUT2D eigenvalue weighted by molar-refractivity contribution is -0.152. The Morgan fingerprint density at radius 1 is 0.867 bits per heavy atom. The quantitative estimate of drug-likeness (QED) is 0.405. The third kappa shape index (κ3) is 5.64. The number of methoxy groups -OCH3 is 1. The highest BCUT2D eigenvalue weighted by molar-refractivity contribution is 8.00. The van der Waals surface area contributed by atoms with Crippen molar-refractivity contribution in [2.75, 3.05) is 12.4 Å². The number of anilines is 1. The number of rotatable bonds is 8. The summed E-state index contributed by atoms with van der Waals surface area (Å²) in [5.41, 5.74) is 1.33. The van der Waals surface area contributed by atoms with E-state index in [2.05, 4.69) is 5.32 Å². The minimum absolute atomic E-state index is 0.427. The van der Waals surface area contributed by atoms with Gasteiger partial charge in [0.15, 0.2) is 6.10 Å². The molecule has 0 saturated carbocycles. The largest absolute Gasteiger partial charge is 0.495 e. The zero-order valence-electron chi connectivity index (χ0n) is 16.8. The van der Waals surface area contributed by atoms with Crippen LogP contribution in [0.5, 0.6) is 5.75 Å². The lowest BCUT2D eigenvalue weighted by atomic mass is 10.1. The lowest BCUT2D eigenvalue weighted by Crippen LogP contribution is -2.31. The van der Waals surface area contributed by atoms with Gasteiger partial charge in [-0.1, -0.05) is 60.7 Å². The fraction of sp³-hybridized carbons (Fsp3) is 0.167. The summed E-state index contributed by atoms with van der Waals surface area (Å²) in [6.45, 7) is 1.55. The molecule has 1 N–H and O–H groups in total. The number of carbonyl (C=O) groups excluding carboxylic acids is 2. The minimum atomic E-state index is -0.968. The molecule has 0 unspecified atom stereocenters. The molecule has 0 fully saturated rings. The normalized spacial score (nSPS) is 12.5. The second-order valence-electron chi connectivity index (χ2n) is 6.49. The van der Waals surface area contributed by atoms with E-state index in [9.17, 15) is 9.59 Å². The van der Waals surface area contributed by atoms with Gasteiger partial charge < -0.3 is 14.8 Å². The van der Waals surface area contributed by atoms with Gasteiger partial charge in [0.2, 0.25) is 0 Å². The molecule has 6 heteroatoms. The average molecular weight is 422 g/mol. The van der Waals surface area contributed by atoms with Crippen molar-refractivity contribution in [1.29, 1.82) is 0 Å². The molecular weight excluding hydrogens is 398 g/mol. The lowest BCUT2D eigenvalue weighted by Gasteiger charge is -2.20. The summed E-state index contributed by atoms with van der Waals surface area (Å²) in [6, 6.07) is 26.1. The van der Waals surface area contributed by atoms with Crippen LogP contribution in [0.1, 0.15) is 17.7 Å². The Balaban J connectivity index is 1.72. The van der Waals surface area contributed by atoms with Gasteiger partial charge in [-0.2, -0.15) is 0 Å².